The van der Waals surface area contributed by atoms with Gasteiger partial charge in [0.15, 0.2) is 0 Å². The molecule has 0 N–H and O–H groups in total. The quantitative estimate of drug-likeness (QED) is 0.323. The van der Waals surface area contributed by atoms with Crippen LogP contribution in [0.15, 0.2) is 109 Å². The van der Waals surface area contributed by atoms with E-state index in [-0.39, 0.29) is 6.71 Å². The Morgan fingerprint density at radius 3 is 1.43 bits per heavy atom. The molecule has 2 heterocycles. The molecule has 2 aliphatic rings. The third-order valence-electron chi connectivity index (χ3n) is 6.85. The highest BCUT2D eigenvalue weighted by Gasteiger charge is 2.43. The van der Waals surface area contributed by atoms with Gasteiger partial charge in [-0.25, -0.2) is 0 Å². The molecule has 0 atom stereocenters. The highest BCUT2D eigenvalue weighted by molar-refractivity contribution is 6.98. The summed E-state index contributed by atoms with van der Waals surface area (Å²) in [5.74, 6) is 3.00. The van der Waals surface area contributed by atoms with Crippen molar-refractivity contribution in [1.82, 2.24) is 0 Å². The van der Waals surface area contributed by atoms with Crippen LogP contribution in [0, 0.1) is 11.3 Å². The van der Waals surface area contributed by atoms with Gasteiger partial charge in [0.05, 0.1) is 5.56 Å². The third kappa shape index (κ3) is 2.85. The standard InChI is InChI=1S/C31H18BNO2/c33-19-22-27(20-11-3-1-4-12-20)30-29-31(28(22)21-13-5-2-6-14-21)35-26-18-10-8-16-24(26)32(29)23-15-7-9-17-25(23)34-30/h1-18H. The van der Waals surface area contributed by atoms with Crippen molar-refractivity contribution >= 4 is 23.1 Å². The van der Waals surface area contributed by atoms with E-state index in [1.807, 2.05) is 97.1 Å². The molecule has 162 valence electrons. The number of nitriles is 1. The van der Waals surface area contributed by atoms with Crippen molar-refractivity contribution in [3.05, 3.63) is 115 Å². The highest BCUT2D eigenvalue weighted by atomic mass is 16.5. The predicted octanol–water partition coefficient (Wildman–Crippen LogP) is 5.62. The van der Waals surface area contributed by atoms with Gasteiger partial charge in [0, 0.05) is 16.6 Å². The van der Waals surface area contributed by atoms with E-state index in [2.05, 4.69) is 18.2 Å². The Balaban J connectivity index is 1.67. The summed E-state index contributed by atoms with van der Waals surface area (Å²) in [4.78, 5) is 0. The summed E-state index contributed by atoms with van der Waals surface area (Å²) in [6, 6.07) is 38.9. The molecule has 35 heavy (non-hydrogen) atoms. The van der Waals surface area contributed by atoms with Crippen LogP contribution >= 0.6 is 0 Å². The zero-order valence-electron chi connectivity index (χ0n) is 18.7. The van der Waals surface area contributed by atoms with Crippen LogP contribution in [0.5, 0.6) is 23.0 Å². The Kier molecular flexibility index (Phi) is 4.31. The number of ether oxygens (including phenoxy) is 2. The molecule has 5 aromatic carbocycles. The fourth-order valence-corrected chi connectivity index (χ4v) is 5.39. The van der Waals surface area contributed by atoms with E-state index in [1.54, 1.807) is 0 Å². The molecule has 2 aliphatic heterocycles. The zero-order chi connectivity index (χ0) is 23.4. The van der Waals surface area contributed by atoms with E-state index >= 15 is 0 Å². The number of rotatable bonds is 2. The topological polar surface area (TPSA) is 42.2 Å². The molecule has 0 spiro atoms. The van der Waals surface area contributed by atoms with Gasteiger partial charge in [-0.3, -0.25) is 0 Å². The molecule has 0 bridgehead atoms. The first-order valence-electron chi connectivity index (χ1n) is 11.6. The average Bonchev–Trinajstić information content (AvgIpc) is 2.93. The monoisotopic (exact) mass is 447 g/mol. The van der Waals surface area contributed by atoms with E-state index < -0.39 is 0 Å². The summed E-state index contributed by atoms with van der Waals surface area (Å²) in [5, 5.41) is 10.6. The smallest absolute Gasteiger partial charge is 0.260 e. The first kappa shape index (κ1) is 19.7. The Labute approximate surface area is 203 Å². The zero-order valence-corrected chi connectivity index (χ0v) is 18.7. The first-order chi connectivity index (χ1) is 17.3. The third-order valence-corrected chi connectivity index (χ3v) is 6.85. The molecule has 5 aromatic rings. The lowest BCUT2D eigenvalue weighted by atomic mass is 9.34. The molecule has 0 saturated carbocycles. The van der Waals surface area contributed by atoms with Gasteiger partial charge in [0.1, 0.15) is 29.1 Å². The molecule has 3 nitrogen and oxygen atoms in total. The number of hydrogen-bond acceptors (Lipinski definition) is 3. The summed E-state index contributed by atoms with van der Waals surface area (Å²) < 4.78 is 13.3. The van der Waals surface area contributed by atoms with Gasteiger partial charge >= 0.3 is 0 Å². The second-order valence-corrected chi connectivity index (χ2v) is 8.75. The lowest BCUT2D eigenvalue weighted by Crippen LogP contribution is -2.57. The molecule has 7 rings (SSSR count). The van der Waals surface area contributed by atoms with Crippen molar-refractivity contribution in [2.45, 2.75) is 0 Å². The molecule has 0 radical (unpaired) electrons. The summed E-state index contributed by atoms with van der Waals surface area (Å²) in [6.45, 7) is -0.0624. The van der Waals surface area contributed by atoms with Crippen LogP contribution in [0.25, 0.3) is 22.3 Å². The van der Waals surface area contributed by atoms with Crippen molar-refractivity contribution in [2.24, 2.45) is 0 Å². The minimum atomic E-state index is -0.0624. The van der Waals surface area contributed by atoms with Gasteiger partial charge in [0.25, 0.3) is 6.71 Å². The normalized spacial score (nSPS) is 12.4. The van der Waals surface area contributed by atoms with Crippen molar-refractivity contribution < 1.29 is 9.47 Å². The van der Waals surface area contributed by atoms with Gasteiger partial charge in [0.2, 0.25) is 0 Å². The summed E-state index contributed by atoms with van der Waals surface area (Å²) in [7, 11) is 0. The van der Waals surface area contributed by atoms with Crippen LogP contribution in [0.3, 0.4) is 0 Å². The van der Waals surface area contributed by atoms with Crippen molar-refractivity contribution in [2.75, 3.05) is 0 Å². The number of benzene rings is 5. The number of hydrogen-bond donors (Lipinski definition) is 0. The van der Waals surface area contributed by atoms with Crippen LogP contribution in [-0.2, 0) is 0 Å². The average molecular weight is 447 g/mol. The number of nitrogens with zero attached hydrogens (tertiary/aromatic N) is 1. The molecular formula is C31H18BNO2. The Bertz CT molecular complexity index is 1540. The Hall–Kier alpha value is -4.75. The number of fused-ring (bicyclic) bond motifs is 4. The van der Waals surface area contributed by atoms with E-state index in [0.29, 0.717) is 17.1 Å². The summed E-state index contributed by atoms with van der Waals surface area (Å²) >= 11 is 0. The minimum Gasteiger partial charge on any atom is -0.458 e. The van der Waals surface area contributed by atoms with Crippen LogP contribution in [-0.4, -0.2) is 6.71 Å². The predicted molar refractivity (Wildman–Crippen MR) is 140 cm³/mol. The van der Waals surface area contributed by atoms with Gasteiger partial charge in [-0.2, -0.15) is 5.26 Å². The molecule has 0 fully saturated rings. The molecule has 0 aliphatic carbocycles. The molecule has 0 unspecified atom stereocenters. The van der Waals surface area contributed by atoms with Gasteiger partial charge in [-0.05, 0) is 34.2 Å². The van der Waals surface area contributed by atoms with Crippen molar-refractivity contribution in [1.29, 1.82) is 5.26 Å². The SMILES string of the molecule is N#Cc1c(-c2ccccc2)c2c3c(c1-c1ccccc1)Oc1ccccc1B3c1ccccc1O2. The van der Waals surface area contributed by atoms with Crippen molar-refractivity contribution in [3.8, 4) is 51.3 Å². The van der Waals surface area contributed by atoms with Gasteiger partial charge < -0.3 is 9.47 Å². The highest BCUT2D eigenvalue weighted by Crippen LogP contribution is 2.48. The minimum absolute atomic E-state index is 0.0624. The van der Waals surface area contributed by atoms with Crippen LogP contribution in [0.1, 0.15) is 5.56 Å². The van der Waals surface area contributed by atoms with Crippen LogP contribution < -0.4 is 25.9 Å². The number of para-hydroxylation sites is 2. The summed E-state index contributed by atoms with van der Waals surface area (Å²) in [5.41, 5.74) is 7.20. The molecule has 0 amide bonds. The molecular weight excluding hydrogens is 429 g/mol. The fraction of sp³-hybridized carbons (Fsp3) is 0. The first-order valence-corrected chi connectivity index (χ1v) is 11.6. The van der Waals surface area contributed by atoms with Crippen LogP contribution in [0.4, 0.5) is 0 Å². The molecule has 0 saturated heterocycles. The second-order valence-electron chi connectivity index (χ2n) is 8.75. The maximum Gasteiger partial charge on any atom is 0.260 e. The summed E-state index contributed by atoms with van der Waals surface area (Å²) in [6.07, 6.45) is 0. The maximum atomic E-state index is 10.6. The lowest BCUT2D eigenvalue weighted by Gasteiger charge is -2.35. The van der Waals surface area contributed by atoms with E-state index in [0.717, 1.165) is 50.1 Å². The second kappa shape index (κ2) is 7.65. The largest absolute Gasteiger partial charge is 0.458 e. The van der Waals surface area contributed by atoms with Crippen LogP contribution in [0.2, 0.25) is 0 Å². The van der Waals surface area contributed by atoms with E-state index in [1.165, 1.54) is 0 Å². The van der Waals surface area contributed by atoms with E-state index in [4.69, 9.17) is 9.47 Å². The Morgan fingerprint density at radius 2 is 0.971 bits per heavy atom. The molecule has 0 aromatic heterocycles. The van der Waals surface area contributed by atoms with E-state index in [9.17, 15) is 5.26 Å². The van der Waals surface area contributed by atoms with Crippen molar-refractivity contribution in [3.63, 3.8) is 0 Å². The van der Waals surface area contributed by atoms with Gasteiger partial charge in [-0.1, -0.05) is 97.1 Å². The fourth-order valence-electron chi connectivity index (χ4n) is 5.39. The Morgan fingerprint density at radius 1 is 0.543 bits per heavy atom. The molecule has 4 heteroatoms. The lowest BCUT2D eigenvalue weighted by molar-refractivity contribution is 0.466. The van der Waals surface area contributed by atoms with Gasteiger partial charge in [-0.15, -0.1) is 0 Å². The maximum absolute atomic E-state index is 10.6.